The van der Waals surface area contributed by atoms with Crippen molar-refractivity contribution in [1.82, 2.24) is 0 Å². The lowest BCUT2D eigenvalue weighted by atomic mass is 10.1. The molecule has 1 aromatic rings. The highest BCUT2D eigenvalue weighted by molar-refractivity contribution is 6.03. The molecule has 0 unspecified atom stereocenters. The second kappa shape index (κ2) is 9.51. The van der Waals surface area contributed by atoms with Crippen LogP contribution >= 0.6 is 0 Å². The van der Waals surface area contributed by atoms with Crippen molar-refractivity contribution in [3.63, 3.8) is 0 Å². The Bertz CT molecular complexity index is 468. The van der Waals surface area contributed by atoms with Crippen molar-refractivity contribution in [1.29, 1.82) is 0 Å². The molecule has 1 rings (SSSR count). The summed E-state index contributed by atoms with van der Waals surface area (Å²) in [6.07, 6.45) is 0. The van der Waals surface area contributed by atoms with E-state index in [1.54, 1.807) is 19.1 Å². The first-order valence-corrected chi connectivity index (χ1v) is 5.65. The van der Waals surface area contributed by atoms with Gasteiger partial charge >= 0.3 is 17.9 Å². The van der Waals surface area contributed by atoms with Crippen LogP contribution in [0, 0.1) is 0 Å². The predicted molar refractivity (Wildman–Crippen MR) is 68.5 cm³/mol. The Hall–Kier alpha value is -2.41. The molecule has 0 atom stereocenters. The highest BCUT2D eigenvalue weighted by Crippen LogP contribution is 2.11. The van der Waals surface area contributed by atoms with Crippen LogP contribution in [0.4, 0.5) is 0 Å². The minimum atomic E-state index is -1.19. The Morgan fingerprint density at radius 1 is 1.10 bits per heavy atom. The SMILES string of the molecule is CCOC(=O)c1ccccc1C(=O)OC.O=C(O)CO. The van der Waals surface area contributed by atoms with Gasteiger partial charge in [0.2, 0.25) is 0 Å². The maximum absolute atomic E-state index is 11.5. The Morgan fingerprint density at radius 2 is 1.55 bits per heavy atom. The summed E-state index contributed by atoms with van der Waals surface area (Å²) in [5.41, 5.74) is 0.449. The number of benzene rings is 1. The molecule has 1 aromatic carbocycles. The number of rotatable bonds is 4. The number of aliphatic carboxylic acids is 1. The van der Waals surface area contributed by atoms with Gasteiger partial charge in [0.15, 0.2) is 0 Å². The third-order valence-corrected chi connectivity index (χ3v) is 1.96. The molecule has 7 nitrogen and oxygen atoms in total. The predicted octanol–water partition coefficient (Wildman–Crippen LogP) is 0.713. The lowest BCUT2D eigenvalue weighted by molar-refractivity contribution is -0.140. The number of carboxylic acid groups (broad SMARTS) is 1. The van der Waals surface area contributed by atoms with Gasteiger partial charge in [0.05, 0.1) is 24.8 Å². The second-order valence-electron chi connectivity index (χ2n) is 3.31. The van der Waals surface area contributed by atoms with Gasteiger partial charge in [0.25, 0.3) is 0 Å². The standard InChI is InChI=1S/C11H12O4.C2H4O3/c1-3-15-11(13)9-7-5-4-6-8(9)10(12)14-2;3-1-2(4)5/h4-7H,3H2,1-2H3;3H,1H2,(H,4,5). The maximum Gasteiger partial charge on any atom is 0.338 e. The summed E-state index contributed by atoms with van der Waals surface area (Å²) in [6.45, 7) is 1.20. The molecule has 2 N–H and O–H groups in total. The fraction of sp³-hybridized carbons (Fsp3) is 0.308. The van der Waals surface area contributed by atoms with Crippen LogP contribution in [-0.4, -0.2) is 48.4 Å². The normalized spacial score (nSPS) is 8.95. The van der Waals surface area contributed by atoms with E-state index in [4.69, 9.17) is 19.7 Å². The zero-order chi connectivity index (χ0) is 15.5. The summed E-state index contributed by atoms with van der Waals surface area (Å²) in [5.74, 6) is -2.25. The molecule has 0 radical (unpaired) electrons. The summed E-state index contributed by atoms with van der Waals surface area (Å²) in [5, 5.41) is 15.0. The fourth-order valence-corrected chi connectivity index (χ4v) is 1.16. The van der Waals surface area contributed by atoms with Crippen molar-refractivity contribution < 1.29 is 34.1 Å². The van der Waals surface area contributed by atoms with E-state index in [0.717, 1.165) is 0 Å². The molecule has 20 heavy (non-hydrogen) atoms. The Balaban J connectivity index is 0.000000621. The Kier molecular flexibility index (Phi) is 8.36. The Morgan fingerprint density at radius 3 is 1.90 bits per heavy atom. The van der Waals surface area contributed by atoms with E-state index in [0.29, 0.717) is 0 Å². The monoisotopic (exact) mass is 284 g/mol. The molecule has 0 heterocycles. The number of methoxy groups -OCH3 is 1. The lowest BCUT2D eigenvalue weighted by Crippen LogP contribution is -2.12. The Labute approximate surface area is 115 Å². The molecule has 0 spiro atoms. The van der Waals surface area contributed by atoms with Crippen molar-refractivity contribution in [2.75, 3.05) is 20.3 Å². The minimum Gasteiger partial charge on any atom is -0.480 e. The zero-order valence-electron chi connectivity index (χ0n) is 11.2. The molecule has 0 bridgehead atoms. The number of hydrogen-bond acceptors (Lipinski definition) is 6. The van der Waals surface area contributed by atoms with Crippen LogP contribution in [-0.2, 0) is 14.3 Å². The van der Waals surface area contributed by atoms with Gasteiger partial charge in [-0.25, -0.2) is 14.4 Å². The van der Waals surface area contributed by atoms with Gasteiger partial charge in [-0.05, 0) is 19.1 Å². The molecular weight excluding hydrogens is 268 g/mol. The smallest absolute Gasteiger partial charge is 0.338 e. The molecule has 0 fully saturated rings. The largest absolute Gasteiger partial charge is 0.480 e. The molecule has 0 aliphatic heterocycles. The van der Waals surface area contributed by atoms with E-state index < -0.39 is 24.5 Å². The highest BCUT2D eigenvalue weighted by Gasteiger charge is 2.17. The molecule has 0 saturated carbocycles. The number of hydrogen-bond donors (Lipinski definition) is 2. The van der Waals surface area contributed by atoms with Crippen LogP contribution in [0.5, 0.6) is 0 Å². The third kappa shape index (κ3) is 5.96. The first kappa shape index (κ1) is 17.6. The first-order valence-electron chi connectivity index (χ1n) is 5.65. The van der Waals surface area contributed by atoms with Gasteiger partial charge in [-0.2, -0.15) is 0 Å². The van der Waals surface area contributed by atoms with Crippen molar-refractivity contribution in [2.45, 2.75) is 6.92 Å². The van der Waals surface area contributed by atoms with E-state index in [1.807, 2.05) is 0 Å². The minimum absolute atomic E-state index is 0.221. The van der Waals surface area contributed by atoms with Gasteiger partial charge < -0.3 is 19.7 Å². The van der Waals surface area contributed by atoms with Crippen LogP contribution in [0.1, 0.15) is 27.6 Å². The van der Waals surface area contributed by atoms with Crippen LogP contribution < -0.4 is 0 Å². The van der Waals surface area contributed by atoms with Gasteiger partial charge in [0, 0.05) is 0 Å². The molecule has 110 valence electrons. The van der Waals surface area contributed by atoms with E-state index in [1.165, 1.54) is 19.2 Å². The number of carbonyl (C=O) groups is 3. The van der Waals surface area contributed by atoms with Gasteiger partial charge in [0.1, 0.15) is 6.61 Å². The summed E-state index contributed by atoms with van der Waals surface area (Å²) < 4.78 is 9.38. The van der Waals surface area contributed by atoms with Crippen LogP contribution in [0.25, 0.3) is 0 Å². The van der Waals surface area contributed by atoms with E-state index in [2.05, 4.69) is 4.74 Å². The van der Waals surface area contributed by atoms with Gasteiger partial charge in [-0.15, -0.1) is 0 Å². The number of ether oxygens (including phenoxy) is 2. The first-order chi connectivity index (χ1) is 9.47. The highest BCUT2D eigenvalue weighted by atomic mass is 16.5. The van der Waals surface area contributed by atoms with Crippen LogP contribution in [0.2, 0.25) is 0 Å². The molecule has 0 saturated heterocycles. The summed E-state index contributed by atoms with van der Waals surface area (Å²) in [4.78, 5) is 31.9. The second-order valence-corrected chi connectivity index (χ2v) is 3.31. The van der Waals surface area contributed by atoms with E-state index in [9.17, 15) is 9.59 Å². The van der Waals surface area contributed by atoms with Crippen LogP contribution in [0.3, 0.4) is 0 Å². The van der Waals surface area contributed by atoms with Gasteiger partial charge in [-0.1, -0.05) is 12.1 Å². The average Bonchev–Trinajstić information content (AvgIpc) is 2.47. The van der Waals surface area contributed by atoms with Crippen molar-refractivity contribution in [3.05, 3.63) is 35.4 Å². The molecular formula is C13H16O7. The summed E-state index contributed by atoms with van der Waals surface area (Å²) in [6, 6.07) is 6.38. The molecule has 0 aliphatic rings. The number of aliphatic hydroxyl groups is 1. The fourth-order valence-electron chi connectivity index (χ4n) is 1.16. The van der Waals surface area contributed by atoms with Crippen molar-refractivity contribution in [2.24, 2.45) is 0 Å². The van der Waals surface area contributed by atoms with Crippen molar-refractivity contribution in [3.8, 4) is 0 Å². The summed E-state index contributed by atoms with van der Waals surface area (Å²) in [7, 11) is 1.27. The van der Waals surface area contributed by atoms with Crippen LogP contribution in [0.15, 0.2) is 24.3 Å². The topological polar surface area (TPSA) is 110 Å². The third-order valence-electron chi connectivity index (χ3n) is 1.96. The van der Waals surface area contributed by atoms with E-state index >= 15 is 0 Å². The average molecular weight is 284 g/mol. The number of carbonyl (C=O) groups excluding carboxylic acids is 2. The number of esters is 2. The van der Waals surface area contributed by atoms with Crippen molar-refractivity contribution >= 4 is 17.9 Å². The molecule has 7 heteroatoms. The number of carboxylic acids is 1. The van der Waals surface area contributed by atoms with E-state index in [-0.39, 0.29) is 17.7 Å². The number of aliphatic hydroxyl groups excluding tert-OH is 1. The quantitative estimate of drug-likeness (QED) is 0.783. The van der Waals surface area contributed by atoms with Gasteiger partial charge in [-0.3, -0.25) is 0 Å². The molecule has 0 amide bonds. The molecule has 0 aromatic heterocycles. The molecule has 0 aliphatic carbocycles. The lowest BCUT2D eigenvalue weighted by Gasteiger charge is -2.06. The summed E-state index contributed by atoms with van der Waals surface area (Å²) >= 11 is 0. The maximum atomic E-state index is 11.5. The zero-order valence-corrected chi connectivity index (χ0v) is 11.2.